The van der Waals surface area contributed by atoms with Gasteiger partial charge in [0.2, 0.25) is 0 Å². The zero-order valence-electron chi connectivity index (χ0n) is 24.7. The SMILES string of the molecule is C/C=c1/cccc/c1=C(/N)c1ccc(C(C)(C)C)cc1P(C)(C)(CC)O/C(C)=C\C(C)=O.CCCC. The zero-order valence-corrected chi connectivity index (χ0v) is 25.6. The van der Waals surface area contributed by atoms with Crippen molar-refractivity contribution in [2.45, 2.75) is 80.6 Å². The van der Waals surface area contributed by atoms with Crippen LogP contribution in [0.4, 0.5) is 0 Å². The van der Waals surface area contributed by atoms with Crippen molar-refractivity contribution < 1.29 is 9.32 Å². The van der Waals surface area contributed by atoms with Gasteiger partial charge in [-0.1, -0.05) is 26.7 Å². The molecule has 0 saturated heterocycles. The van der Waals surface area contributed by atoms with Gasteiger partial charge in [0.05, 0.1) is 0 Å². The molecule has 2 aromatic carbocycles. The Hall–Kier alpha value is -2.38. The van der Waals surface area contributed by atoms with Crippen LogP contribution in [-0.2, 0) is 14.7 Å². The van der Waals surface area contributed by atoms with E-state index in [1.165, 1.54) is 18.4 Å². The molecule has 0 aromatic heterocycles. The second kappa shape index (κ2) is 12.7. The summed E-state index contributed by atoms with van der Waals surface area (Å²) in [4.78, 5) is 11.7. The summed E-state index contributed by atoms with van der Waals surface area (Å²) in [5.74, 6) is 0.634. The van der Waals surface area contributed by atoms with Crippen molar-refractivity contribution in [3.63, 3.8) is 0 Å². The first-order chi connectivity index (χ1) is 16.6. The van der Waals surface area contributed by atoms with E-state index in [1.54, 1.807) is 13.0 Å². The van der Waals surface area contributed by atoms with Gasteiger partial charge < -0.3 is 0 Å². The van der Waals surface area contributed by atoms with Gasteiger partial charge in [-0.15, -0.1) is 0 Å². The average molecular weight is 512 g/mol. The van der Waals surface area contributed by atoms with Crippen molar-refractivity contribution in [2.24, 2.45) is 5.73 Å². The number of hydrogen-bond donors (Lipinski definition) is 1. The van der Waals surface area contributed by atoms with E-state index in [1.807, 2.05) is 26.0 Å². The van der Waals surface area contributed by atoms with E-state index in [-0.39, 0.29) is 11.2 Å². The molecule has 200 valence electrons. The van der Waals surface area contributed by atoms with Gasteiger partial charge in [-0.05, 0) is 0 Å². The maximum Gasteiger partial charge on any atom is -0.0564 e. The number of carbonyl (C=O) groups excluding carboxylic acids is 1. The normalized spacial score (nSPS) is 14.8. The Kier molecular flexibility index (Phi) is 11.2. The van der Waals surface area contributed by atoms with Crippen LogP contribution in [0.1, 0.15) is 86.3 Å². The molecule has 2 N–H and O–H groups in total. The predicted molar refractivity (Wildman–Crippen MR) is 163 cm³/mol. The molecule has 2 rings (SSSR count). The van der Waals surface area contributed by atoms with E-state index >= 15 is 0 Å². The molecule has 0 radical (unpaired) electrons. The number of benzene rings is 2. The summed E-state index contributed by atoms with van der Waals surface area (Å²) in [6.45, 7) is 20.1. The number of hydrogen-bond acceptors (Lipinski definition) is 3. The Balaban J connectivity index is 0.00000150. The molecule has 0 saturated carbocycles. The summed E-state index contributed by atoms with van der Waals surface area (Å²) >= 11 is 0. The molecule has 0 aliphatic carbocycles. The van der Waals surface area contributed by atoms with Crippen LogP contribution in [0.3, 0.4) is 0 Å². The molecule has 2 aromatic rings. The molecule has 4 heteroatoms. The van der Waals surface area contributed by atoms with Gasteiger partial charge in [0.1, 0.15) is 0 Å². The molecule has 3 nitrogen and oxygen atoms in total. The van der Waals surface area contributed by atoms with Crippen LogP contribution in [-0.4, -0.2) is 25.3 Å². The summed E-state index contributed by atoms with van der Waals surface area (Å²) in [7, 11) is 0. The van der Waals surface area contributed by atoms with Gasteiger partial charge in [-0.25, -0.2) is 0 Å². The maximum atomic E-state index is 11.7. The van der Waals surface area contributed by atoms with Crippen LogP contribution in [0, 0.1) is 0 Å². The largest absolute Gasteiger partial charge is 0.0654 e. The van der Waals surface area contributed by atoms with Crippen molar-refractivity contribution >= 4 is 29.7 Å². The summed E-state index contributed by atoms with van der Waals surface area (Å²) in [5, 5.41) is 3.27. The van der Waals surface area contributed by atoms with Crippen LogP contribution >= 0.6 is 6.83 Å². The second-order valence-corrected chi connectivity index (χ2v) is 17.2. The van der Waals surface area contributed by atoms with Crippen molar-refractivity contribution in [3.8, 4) is 0 Å². The molecule has 0 amide bonds. The molecule has 0 aliphatic rings. The van der Waals surface area contributed by atoms with Gasteiger partial charge in [-0.2, -0.15) is 0 Å². The van der Waals surface area contributed by atoms with Gasteiger partial charge >= 0.3 is 194 Å². The van der Waals surface area contributed by atoms with Gasteiger partial charge in [0.25, 0.3) is 0 Å². The first-order valence-electron chi connectivity index (χ1n) is 13.2. The van der Waals surface area contributed by atoms with Crippen LogP contribution in [0.5, 0.6) is 0 Å². The number of rotatable bonds is 7. The van der Waals surface area contributed by atoms with Crippen LogP contribution in [0.25, 0.3) is 11.8 Å². The Labute approximate surface area is 220 Å². The van der Waals surface area contributed by atoms with Gasteiger partial charge in [0, 0.05) is 0 Å². The van der Waals surface area contributed by atoms with Crippen molar-refractivity contribution in [1.29, 1.82) is 0 Å². The van der Waals surface area contributed by atoms with E-state index < -0.39 is 6.83 Å². The molecular weight excluding hydrogens is 461 g/mol. The van der Waals surface area contributed by atoms with Crippen LogP contribution < -0.4 is 21.5 Å². The van der Waals surface area contributed by atoms with Crippen molar-refractivity contribution in [1.82, 2.24) is 0 Å². The third kappa shape index (κ3) is 8.07. The molecule has 0 aliphatic heterocycles. The monoisotopic (exact) mass is 511 g/mol. The fraction of sp³-hybridized carbons (Fsp3) is 0.469. The molecule has 0 atom stereocenters. The minimum Gasteiger partial charge on any atom is -0.0654 e. The number of allylic oxidation sites excluding steroid dienone is 2. The summed E-state index contributed by atoms with van der Waals surface area (Å²) in [6, 6.07) is 14.8. The predicted octanol–water partition coefficient (Wildman–Crippen LogP) is 6.59. The second-order valence-electron chi connectivity index (χ2n) is 11.3. The number of carbonyl (C=O) groups is 1. The van der Waals surface area contributed by atoms with Gasteiger partial charge in [0.15, 0.2) is 0 Å². The molecule has 0 heterocycles. The van der Waals surface area contributed by atoms with E-state index in [0.29, 0.717) is 5.76 Å². The molecular formula is C32H50NO2P. The van der Waals surface area contributed by atoms with Gasteiger partial charge in [-0.3, -0.25) is 0 Å². The smallest absolute Gasteiger partial charge is 0.0564 e. The number of unbranched alkanes of at least 4 members (excludes halogenated alkanes) is 1. The Morgan fingerprint density at radius 3 is 2.06 bits per heavy atom. The first-order valence-corrected chi connectivity index (χ1v) is 16.4. The minimum absolute atomic E-state index is 0.0144. The average Bonchev–Trinajstić information content (AvgIpc) is 2.82. The fourth-order valence-electron chi connectivity index (χ4n) is 4.00. The molecule has 0 bridgehead atoms. The molecule has 0 unspecified atom stereocenters. The summed E-state index contributed by atoms with van der Waals surface area (Å²) in [5.41, 5.74) is 9.85. The Bertz CT molecular complexity index is 1200. The standard InChI is InChI=1S/C28H40NO2P.C4H10/c1-10-22-14-12-13-15-24(22)27(29)25-17-16-23(28(5,6)7)19-26(25)32(8,9,11-2)31-21(4)18-20(3)30;1-3-4-2/h10,12-19H,11,29H2,1-9H3;3-4H2,1-2H3/b21-18-,22-10-,27-24-;. The zero-order chi connectivity index (χ0) is 27.8. The number of ketones is 1. The quantitative estimate of drug-likeness (QED) is 0.259. The van der Waals surface area contributed by atoms with E-state index in [4.69, 9.17) is 10.3 Å². The Morgan fingerprint density at radius 2 is 1.58 bits per heavy atom. The van der Waals surface area contributed by atoms with Crippen LogP contribution in [0.2, 0.25) is 0 Å². The minimum atomic E-state index is -2.94. The summed E-state index contributed by atoms with van der Waals surface area (Å²) < 4.78 is 6.72. The first kappa shape index (κ1) is 31.6. The third-order valence-electron chi connectivity index (χ3n) is 6.73. The molecule has 36 heavy (non-hydrogen) atoms. The maximum absolute atomic E-state index is 11.7. The fourth-order valence-corrected chi connectivity index (χ4v) is 7.03. The van der Waals surface area contributed by atoms with E-state index in [2.05, 4.69) is 91.3 Å². The topological polar surface area (TPSA) is 52.3 Å². The molecule has 0 spiro atoms. The molecule has 0 fully saturated rings. The number of nitrogens with two attached hydrogens (primary N) is 1. The third-order valence-corrected chi connectivity index (χ3v) is 11.3. The summed E-state index contributed by atoms with van der Waals surface area (Å²) in [6.07, 6.45) is 7.12. The Morgan fingerprint density at radius 1 is 1.00 bits per heavy atom. The van der Waals surface area contributed by atoms with E-state index in [9.17, 15) is 4.79 Å². The van der Waals surface area contributed by atoms with Crippen LogP contribution in [0.15, 0.2) is 54.3 Å². The van der Waals surface area contributed by atoms with Crippen molar-refractivity contribution in [2.75, 3.05) is 19.5 Å². The van der Waals surface area contributed by atoms with E-state index in [0.717, 1.165) is 33.2 Å². The van der Waals surface area contributed by atoms with Crippen molar-refractivity contribution in [3.05, 3.63) is 75.9 Å².